The van der Waals surface area contributed by atoms with Crippen molar-refractivity contribution in [2.75, 3.05) is 18.5 Å². The van der Waals surface area contributed by atoms with Gasteiger partial charge < -0.3 is 10.1 Å². The highest BCUT2D eigenvalue weighted by atomic mass is 16.5. The van der Waals surface area contributed by atoms with Gasteiger partial charge in [-0.1, -0.05) is 18.2 Å². The predicted molar refractivity (Wildman–Crippen MR) is 67.1 cm³/mol. The van der Waals surface area contributed by atoms with Crippen LogP contribution >= 0.6 is 0 Å². The Kier molecular flexibility index (Phi) is 4.34. The number of ether oxygens (including phenoxy) is 1. The minimum Gasteiger partial charge on any atom is -0.494 e. The number of anilines is 1. The first-order valence-corrected chi connectivity index (χ1v) is 5.64. The van der Waals surface area contributed by atoms with Crippen LogP contribution in [0.1, 0.15) is 6.42 Å². The Morgan fingerprint density at radius 1 is 1.00 bits per heavy atom. The second-order valence-electron chi connectivity index (χ2n) is 3.51. The van der Waals surface area contributed by atoms with Crippen LogP contribution in [-0.4, -0.2) is 23.1 Å². The SMILES string of the molecule is c1ccc(OCCCNc2ncccn2)cc1. The van der Waals surface area contributed by atoms with Gasteiger partial charge in [-0.2, -0.15) is 0 Å². The second-order valence-corrected chi connectivity index (χ2v) is 3.51. The molecule has 1 aromatic heterocycles. The molecule has 0 amide bonds. The first kappa shape index (κ1) is 11.4. The number of hydrogen-bond acceptors (Lipinski definition) is 4. The van der Waals surface area contributed by atoms with Crippen LogP contribution in [0.25, 0.3) is 0 Å². The largest absolute Gasteiger partial charge is 0.494 e. The summed E-state index contributed by atoms with van der Waals surface area (Å²) in [6, 6.07) is 11.6. The quantitative estimate of drug-likeness (QED) is 0.772. The van der Waals surface area contributed by atoms with E-state index in [4.69, 9.17) is 4.74 Å². The van der Waals surface area contributed by atoms with Crippen LogP contribution in [0.15, 0.2) is 48.8 Å². The maximum Gasteiger partial charge on any atom is 0.222 e. The number of aromatic nitrogens is 2. The van der Waals surface area contributed by atoms with Crippen molar-refractivity contribution in [2.45, 2.75) is 6.42 Å². The normalized spacial score (nSPS) is 9.88. The van der Waals surface area contributed by atoms with Crippen LogP contribution in [0, 0.1) is 0 Å². The number of hydrogen-bond donors (Lipinski definition) is 1. The molecule has 0 spiro atoms. The lowest BCUT2D eigenvalue weighted by Crippen LogP contribution is -2.09. The minimum absolute atomic E-state index is 0.659. The van der Waals surface area contributed by atoms with Crippen molar-refractivity contribution in [1.82, 2.24) is 9.97 Å². The summed E-state index contributed by atoms with van der Waals surface area (Å²) in [5, 5.41) is 3.13. The fraction of sp³-hybridized carbons (Fsp3) is 0.231. The first-order chi connectivity index (χ1) is 8.45. The van der Waals surface area contributed by atoms with Gasteiger partial charge in [0, 0.05) is 18.9 Å². The van der Waals surface area contributed by atoms with Crippen LogP contribution in [0.2, 0.25) is 0 Å². The van der Waals surface area contributed by atoms with Gasteiger partial charge in [0.25, 0.3) is 0 Å². The standard InChI is InChI=1S/C13H15N3O/c1-2-6-12(7-3-1)17-11-5-10-16-13-14-8-4-9-15-13/h1-4,6-9H,5,10-11H2,(H,14,15,16). The summed E-state index contributed by atoms with van der Waals surface area (Å²) in [4.78, 5) is 8.14. The number of para-hydroxylation sites is 1. The zero-order chi connectivity index (χ0) is 11.8. The molecule has 0 saturated carbocycles. The molecular weight excluding hydrogens is 214 g/mol. The molecule has 1 N–H and O–H groups in total. The van der Waals surface area contributed by atoms with Gasteiger partial charge in [-0.05, 0) is 24.6 Å². The van der Waals surface area contributed by atoms with Gasteiger partial charge in [-0.25, -0.2) is 9.97 Å². The Labute approximate surface area is 101 Å². The topological polar surface area (TPSA) is 47.0 Å². The molecule has 0 unspecified atom stereocenters. The van der Waals surface area contributed by atoms with Crippen molar-refractivity contribution in [3.05, 3.63) is 48.8 Å². The van der Waals surface area contributed by atoms with Crippen LogP contribution in [0.3, 0.4) is 0 Å². The molecule has 88 valence electrons. The summed E-state index contributed by atoms with van der Waals surface area (Å²) in [5.41, 5.74) is 0. The van der Waals surface area contributed by atoms with Crippen molar-refractivity contribution in [1.29, 1.82) is 0 Å². The monoisotopic (exact) mass is 229 g/mol. The summed E-state index contributed by atoms with van der Waals surface area (Å²) in [5.74, 6) is 1.57. The van der Waals surface area contributed by atoms with Crippen LogP contribution in [0.4, 0.5) is 5.95 Å². The van der Waals surface area contributed by atoms with E-state index in [1.54, 1.807) is 18.5 Å². The molecule has 2 rings (SSSR count). The van der Waals surface area contributed by atoms with E-state index in [0.717, 1.165) is 18.7 Å². The molecule has 0 aliphatic rings. The number of nitrogens with zero attached hydrogens (tertiary/aromatic N) is 2. The maximum absolute atomic E-state index is 5.56. The van der Waals surface area contributed by atoms with Crippen molar-refractivity contribution < 1.29 is 4.74 Å². The zero-order valence-electron chi connectivity index (χ0n) is 9.54. The Morgan fingerprint density at radius 2 is 1.76 bits per heavy atom. The Hall–Kier alpha value is -2.10. The van der Waals surface area contributed by atoms with Crippen molar-refractivity contribution in [3.63, 3.8) is 0 Å². The molecule has 4 heteroatoms. The van der Waals surface area contributed by atoms with Crippen molar-refractivity contribution >= 4 is 5.95 Å². The molecule has 2 aromatic rings. The fourth-order valence-electron chi connectivity index (χ4n) is 1.37. The third-order valence-corrected chi connectivity index (χ3v) is 2.18. The first-order valence-electron chi connectivity index (χ1n) is 5.64. The molecule has 0 fully saturated rings. The highest BCUT2D eigenvalue weighted by molar-refractivity contribution is 5.22. The van der Waals surface area contributed by atoms with Gasteiger partial charge >= 0.3 is 0 Å². The molecule has 0 aliphatic heterocycles. The molecule has 17 heavy (non-hydrogen) atoms. The molecule has 0 saturated heterocycles. The Balaban J connectivity index is 1.61. The molecule has 1 heterocycles. The van der Waals surface area contributed by atoms with E-state index in [2.05, 4.69) is 15.3 Å². The molecular formula is C13H15N3O. The molecule has 0 aliphatic carbocycles. The maximum atomic E-state index is 5.56. The summed E-state index contributed by atoms with van der Waals surface area (Å²) in [7, 11) is 0. The summed E-state index contributed by atoms with van der Waals surface area (Å²) in [6.07, 6.45) is 4.35. The molecule has 1 aromatic carbocycles. The molecule has 0 bridgehead atoms. The van der Waals surface area contributed by atoms with E-state index in [0.29, 0.717) is 12.6 Å². The molecule has 0 radical (unpaired) electrons. The lowest BCUT2D eigenvalue weighted by Gasteiger charge is -2.06. The Bertz CT molecular complexity index is 378. The van der Waals surface area contributed by atoms with E-state index in [-0.39, 0.29) is 0 Å². The molecule has 4 nitrogen and oxygen atoms in total. The van der Waals surface area contributed by atoms with E-state index in [9.17, 15) is 0 Å². The van der Waals surface area contributed by atoms with E-state index >= 15 is 0 Å². The number of rotatable bonds is 6. The molecule has 0 atom stereocenters. The fourth-order valence-corrected chi connectivity index (χ4v) is 1.37. The van der Waals surface area contributed by atoms with Gasteiger partial charge in [0.1, 0.15) is 5.75 Å². The van der Waals surface area contributed by atoms with E-state index in [1.807, 2.05) is 30.3 Å². The smallest absolute Gasteiger partial charge is 0.222 e. The van der Waals surface area contributed by atoms with Gasteiger partial charge in [0.2, 0.25) is 5.95 Å². The summed E-state index contributed by atoms with van der Waals surface area (Å²) in [6.45, 7) is 1.49. The lowest BCUT2D eigenvalue weighted by molar-refractivity contribution is 0.315. The summed E-state index contributed by atoms with van der Waals surface area (Å²) < 4.78 is 5.56. The second kappa shape index (κ2) is 6.48. The van der Waals surface area contributed by atoms with E-state index in [1.165, 1.54) is 0 Å². The highest BCUT2D eigenvalue weighted by Gasteiger charge is 1.94. The van der Waals surface area contributed by atoms with Crippen LogP contribution in [0.5, 0.6) is 5.75 Å². The van der Waals surface area contributed by atoms with Crippen LogP contribution < -0.4 is 10.1 Å². The number of nitrogens with one attached hydrogen (secondary N) is 1. The lowest BCUT2D eigenvalue weighted by atomic mass is 10.3. The average molecular weight is 229 g/mol. The van der Waals surface area contributed by atoms with Crippen LogP contribution in [-0.2, 0) is 0 Å². The Morgan fingerprint density at radius 3 is 2.53 bits per heavy atom. The third-order valence-electron chi connectivity index (χ3n) is 2.18. The third kappa shape index (κ3) is 4.10. The van der Waals surface area contributed by atoms with Gasteiger partial charge in [0.15, 0.2) is 0 Å². The average Bonchev–Trinajstić information content (AvgIpc) is 2.41. The zero-order valence-corrected chi connectivity index (χ0v) is 9.54. The minimum atomic E-state index is 0.659. The summed E-state index contributed by atoms with van der Waals surface area (Å²) >= 11 is 0. The van der Waals surface area contributed by atoms with Crippen molar-refractivity contribution in [2.24, 2.45) is 0 Å². The van der Waals surface area contributed by atoms with Gasteiger partial charge in [-0.3, -0.25) is 0 Å². The predicted octanol–water partition coefficient (Wildman–Crippen LogP) is 2.36. The van der Waals surface area contributed by atoms with Gasteiger partial charge in [-0.15, -0.1) is 0 Å². The highest BCUT2D eigenvalue weighted by Crippen LogP contribution is 2.08. The van der Waals surface area contributed by atoms with Gasteiger partial charge in [0.05, 0.1) is 6.61 Å². The van der Waals surface area contributed by atoms with E-state index < -0.39 is 0 Å². The van der Waals surface area contributed by atoms with Crippen molar-refractivity contribution in [3.8, 4) is 5.75 Å². The number of benzene rings is 1.